The molecule has 0 fully saturated rings. The zero-order valence-electron chi connectivity index (χ0n) is 7.99. The lowest BCUT2D eigenvalue weighted by molar-refractivity contribution is -0.678. The summed E-state index contributed by atoms with van der Waals surface area (Å²) in [6, 6.07) is 5.75. The average Bonchev–Trinajstić information content (AvgIpc) is 2.09. The average molecular weight is 180 g/mol. The van der Waals surface area contributed by atoms with Crippen molar-refractivity contribution in [3.05, 3.63) is 30.1 Å². The summed E-state index contributed by atoms with van der Waals surface area (Å²) in [4.78, 5) is 11.1. The van der Waals surface area contributed by atoms with Crippen LogP contribution in [0.2, 0.25) is 0 Å². The maximum Gasteiger partial charge on any atom is 0.316 e. The van der Waals surface area contributed by atoms with Crippen LogP contribution in [-0.2, 0) is 23.0 Å². The molecule has 0 atom stereocenters. The molecule has 0 radical (unpaired) electrons. The zero-order chi connectivity index (χ0) is 9.68. The summed E-state index contributed by atoms with van der Waals surface area (Å²) in [6.45, 7) is 2.25. The molecule has 1 aromatic heterocycles. The molecule has 0 unspecified atom stereocenters. The first kappa shape index (κ1) is 9.71. The van der Waals surface area contributed by atoms with Gasteiger partial charge in [-0.25, -0.2) is 4.57 Å². The highest BCUT2D eigenvalue weighted by molar-refractivity contribution is 5.71. The highest BCUT2D eigenvalue weighted by Gasteiger charge is 2.11. The molecule has 0 saturated heterocycles. The summed E-state index contributed by atoms with van der Waals surface area (Å²) in [5, 5.41) is 0. The fourth-order valence-electron chi connectivity index (χ4n) is 1.10. The summed E-state index contributed by atoms with van der Waals surface area (Å²) >= 11 is 0. The Morgan fingerprint density at radius 1 is 1.54 bits per heavy atom. The van der Waals surface area contributed by atoms with E-state index in [1.54, 1.807) is 0 Å². The van der Waals surface area contributed by atoms with E-state index in [1.165, 1.54) is 0 Å². The van der Waals surface area contributed by atoms with Crippen molar-refractivity contribution in [1.29, 1.82) is 0 Å². The van der Waals surface area contributed by atoms with Gasteiger partial charge in [0.05, 0.1) is 6.61 Å². The van der Waals surface area contributed by atoms with Gasteiger partial charge in [0.25, 0.3) is 0 Å². The number of rotatable bonds is 3. The zero-order valence-corrected chi connectivity index (χ0v) is 7.99. The number of aromatic nitrogens is 1. The van der Waals surface area contributed by atoms with E-state index in [1.807, 2.05) is 42.9 Å². The summed E-state index contributed by atoms with van der Waals surface area (Å²) < 4.78 is 6.76. The largest absolute Gasteiger partial charge is 0.466 e. The van der Waals surface area contributed by atoms with E-state index in [2.05, 4.69) is 0 Å². The third kappa shape index (κ3) is 2.86. The van der Waals surface area contributed by atoms with Crippen molar-refractivity contribution in [2.24, 2.45) is 7.05 Å². The SMILES string of the molecule is CCOC(=O)Cc1cccc[n+]1C. The molecule has 0 aliphatic heterocycles. The Kier molecular flexibility index (Phi) is 3.43. The van der Waals surface area contributed by atoms with E-state index in [0.29, 0.717) is 13.0 Å². The molecule has 13 heavy (non-hydrogen) atoms. The van der Waals surface area contributed by atoms with Crippen LogP contribution in [0.25, 0.3) is 0 Å². The number of hydrogen-bond donors (Lipinski definition) is 0. The summed E-state index contributed by atoms with van der Waals surface area (Å²) in [5.41, 5.74) is 0.959. The van der Waals surface area contributed by atoms with Crippen LogP contribution in [0.15, 0.2) is 24.4 Å². The number of carbonyl (C=O) groups is 1. The minimum atomic E-state index is -0.177. The molecule has 0 N–H and O–H groups in total. The maximum atomic E-state index is 11.1. The number of ether oxygens (including phenoxy) is 1. The van der Waals surface area contributed by atoms with Gasteiger partial charge < -0.3 is 4.74 Å². The molecule has 3 nitrogen and oxygen atoms in total. The molecular formula is C10H14NO2+. The van der Waals surface area contributed by atoms with Crippen LogP contribution in [0.1, 0.15) is 12.6 Å². The first-order chi connectivity index (χ1) is 6.24. The van der Waals surface area contributed by atoms with Gasteiger partial charge in [-0.2, -0.15) is 0 Å². The van der Waals surface area contributed by atoms with E-state index in [9.17, 15) is 4.79 Å². The monoisotopic (exact) mass is 180 g/mol. The second-order valence-electron chi connectivity index (χ2n) is 2.78. The van der Waals surface area contributed by atoms with E-state index in [4.69, 9.17) is 4.74 Å². The van der Waals surface area contributed by atoms with Crippen LogP contribution in [-0.4, -0.2) is 12.6 Å². The second-order valence-corrected chi connectivity index (χ2v) is 2.78. The molecule has 1 aromatic rings. The van der Waals surface area contributed by atoms with Gasteiger partial charge in [-0.15, -0.1) is 0 Å². The molecule has 1 rings (SSSR count). The summed E-state index contributed by atoms with van der Waals surface area (Å²) in [6.07, 6.45) is 2.25. The quantitative estimate of drug-likeness (QED) is 0.504. The van der Waals surface area contributed by atoms with Crippen LogP contribution < -0.4 is 4.57 Å². The molecular weight excluding hydrogens is 166 g/mol. The van der Waals surface area contributed by atoms with Gasteiger partial charge >= 0.3 is 5.97 Å². The lowest BCUT2D eigenvalue weighted by Gasteiger charge is -1.99. The number of nitrogens with zero attached hydrogens (tertiary/aromatic N) is 1. The van der Waals surface area contributed by atoms with Gasteiger partial charge in [0.2, 0.25) is 0 Å². The number of esters is 1. The summed E-state index contributed by atoms with van der Waals surface area (Å²) in [5.74, 6) is -0.177. The van der Waals surface area contributed by atoms with Crippen LogP contribution >= 0.6 is 0 Å². The number of carbonyl (C=O) groups excluding carboxylic acids is 1. The smallest absolute Gasteiger partial charge is 0.316 e. The molecule has 0 saturated carbocycles. The molecule has 0 bridgehead atoms. The lowest BCUT2D eigenvalue weighted by atomic mass is 10.2. The maximum absolute atomic E-state index is 11.1. The van der Waals surface area contributed by atoms with Gasteiger partial charge in [0.15, 0.2) is 11.9 Å². The number of hydrogen-bond acceptors (Lipinski definition) is 2. The standard InChI is InChI=1S/C10H14NO2/c1-3-13-10(12)8-9-6-4-5-7-11(9)2/h4-7H,3,8H2,1-2H3/q+1. The third-order valence-corrected chi connectivity index (χ3v) is 1.79. The Morgan fingerprint density at radius 2 is 2.31 bits per heavy atom. The minimum absolute atomic E-state index is 0.177. The number of aryl methyl sites for hydroxylation is 1. The van der Waals surface area contributed by atoms with E-state index < -0.39 is 0 Å². The van der Waals surface area contributed by atoms with E-state index >= 15 is 0 Å². The highest BCUT2D eigenvalue weighted by atomic mass is 16.5. The van der Waals surface area contributed by atoms with Crippen LogP contribution in [0.3, 0.4) is 0 Å². The van der Waals surface area contributed by atoms with Crippen molar-refractivity contribution in [2.45, 2.75) is 13.3 Å². The fourth-order valence-corrected chi connectivity index (χ4v) is 1.10. The predicted molar refractivity (Wildman–Crippen MR) is 48.0 cm³/mol. The van der Waals surface area contributed by atoms with Crippen molar-refractivity contribution < 1.29 is 14.1 Å². The Hall–Kier alpha value is -1.38. The molecule has 0 spiro atoms. The molecule has 0 amide bonds. The number of pyridine rings is 1. The van der Waals surface area contributed by atoms with Gasteiger partial charge in [-0.3, -0.25) is 4.79 Å². The second kappa shape index (κ2) is 4.60. The van der Waals surface area contributed by atoms with Crippen molar-refractivity contribution in [1.82, 2.24) is 0 Å². The van der Waals surface area contributed by atoms with Gasteiger partial charge in [-0.05, 0) is 6.92 Å². The van der Waals surface area contributed by atoms with Gasteiger partial charge in [0.1, 0.15) is 13.5 Å². The normalized spacial score (nSPS) is 9.69. The minimum Gasteiger partial charge on any atom is -0.466 e. The Balaban J connectivity index is 2.63. The molecule has 0 aliphatic carbocycles. The molecule has 70 valence electrons. The van der Waals surface area contributed by atoms with Crippen molar-refractivity contribution in [3.8, 4) is 0 Å². The molecule has 1 heterocycles. The van der Waals surface area contributed by atoms with Gasteiger partial charge in [-0.1, -0.05) is 6.07 Å². The molecule has 3 heteroatoms. The van der Waals surface area contributed by atoms with Crippen LogP contribution in [0, 0.1) is 0 Å². The first-order valence-electron chi connectivity index (χ1n) is 4.33. The van der Waals surface area contributed by atoms with Gasteiger partial charge in [0, 0.05) is 12.1 Å². The van der Waals surface area contributed by atoms with E-state index in [0.717, 1.165) is 5.69 Å². The Bertz CT molecular complexity index is 297. The van der Waals surface area contributed by atoms with Crippen LogP contribution in [0.5, 0.6) is 0 Å². The van der Waals surface area contributed by atoms with Crippen molar-refractivity contribution >= 4 is 5.97 Å². The van der Waals surface area contributed by atoms with E-state index in [-0.39, 0.29) is 5.97 Å². The first-order valence-corrected chi connectivity index (χ1v) is 4.33. The van der Waals surface area contributed by atoms with Crippen molar-refractivity contribution in [2.75, 3.05) is 6.61 Å². The molecule has 0 aliphatic rings. The Labute approximate surface area is 78.0 Å². The lowest BCUT2D eigenvalue weighted by Crippen LogP contribution is -2.34. The van der Waals surface area contributed by atoms with Crippen LogP contribution in [0.4, 0.5) is 0 Å². The fraction of sp³-hybridized carbons (Fsp3) is 0.400. The molecule has 0 aromatic carbocycles. The Morgan fingerprint density at radius 3 is 2.92 bits per heavy atom. The van der Waals surface area contributed by atoms with Crippen molar-refractivity contribution in [3.63, 3.8) is 0 Å². The topological polar surface area (TPSA) is 30.2 Å². The highest BCUT2D eigenvalue weighted by Crippen LogP contribution is 1.94. The summed E-state index contributed by atoms with van der Waals surface area (Å²) in [7, 11) is 1.91. The third-order valence-electron chi connectivity index (χ3n) is 1.79. The predicted octanol–water partition coefficient (Wildman–Crippen LogP) is 0.617.